The predicted octanol–water partition coefficient (Wildman–Crippen LogP) is 2.29. The average molecular weight is 250 g/mol. The van der Waals surface area contributed by atoms with Gasteiger partial charge in [-0.15, -0.1) is 0 Å². The van der Waals surface area contributed by atoms with Crippen molar-refractivity contribution in [2.45, 2.75) is 51.7 Å². The number of ether oxygens (including phenoxy) is 1. The summed E-state index contributed by atoms with van der Waals surface area (Å²) in [5.74, 6) is 0.403. The summed E-state index contributed by atoms with van der Waals surface area (Å²) in [5, 5.41) is 10.4. The number of hydrogen-bond acceptors (Lipinski definition) is 3. The van der Waals surface area contributed by atoms with Crippen molar-refractivity contribution in [3.05, 3.63) is 12.2 Å². The number of hydrogen-bond donors (Lipinski definition) is 1. The van der Waals surface area contributed by atoms with Crippen molar-refractivity contribution in [2.75, 3.05) is 0 Å². The Balaban J connectivity index is 1.98. The maximum atomic E-state index is 11.8. The van der Waals surface area contributed by atoms with E-state index in [-0.39, 0.29) is 35.4 Å². The van der Waals surface area contributed by atoms with Crippen LogP contribution in [-0.2, 0) is 9.53 Å². The third kappa shape index (κ3) is 1.43. The molecule has 0 aromatic rings. The van der Waals surface area contributed by atoms with Crippen molar-refractivity contribution in [3.63, 3.8) is 0 Å². The molecule has 2 aliphatic carbocycles. The fourth-order valence-electron chi connectivity index (χ4n) is 4.41. The van der Waals surface area contributed by atoms with E-state index in [4.69, 9.17) is 4.74 Å². The molecule has 1 aliphatic heterocycles. The number of fused-ring (bicyclic) bond motifs is 3. The van der Waals surface area contributed by atoms with Crippen molar-refractivity contribution < 1.29 is 14.6 Å². The summed E-state index contributed by atoms with van der Waals surface area (Å²) in [4.78, 5) is 11.8. The van der Waals surface area contributed by atoms with Crippen LogP contribution in [0, 0.1) is 23.2 Å². The van der Waals surface area contributed by atoms with Crippen molar-refractivity contribution in [1.82, 2.24) is 0 Å². The molecule has 0 bridgehead atoms. The molecule has 3 nitrogen and oxygen atoms in total. The second-order valence-electron chi connectivity index (χ2n) is 6.59. The van der Waals surface area contributed by atoms with Gasteiger partial charge in [0.15, 0.2) is 0 Å². The Morgan fingerprint density at radius 1 is 1.44 bits per heavy atom. The molecule has 2 unspecified atom stereocenters. The fourth-order valence-corrected chi connectivity index (χ4v) is 4.41. The van der Waals surface area contributed by atoms with Gasteiger partial charge in [-0.05, 0) is 25.7 Å². The van der Waals surface area contributed by atoms with Gasteiger partial charge in [0.25, 0.3) is 0 Å². The highest BCUT2D eigenvalue weighted by Crippen LogP contribution is 2.57. The van der Waals surface area contributed by atoms with E-state index in [1.165, 1.54) is 5.57 Å². The highest BCUT2D eigenvalue weighted by Gasteiger charge is 2.58. The molecule has 0 radical (unpaired) electrons. The Morgan fingerprint density at radius 2 is 2.17 bits per heavy atom. The van der Waals surface area contributed by atoms with Crippen molar-refractivity contribution in [2.24, 2.45) is 23.2 Å². The van der Waals surface area contributed by atoms with E-state index in [0.717, 1.165) is 25.7 Å². The van der Waals surface area contributed by atoms with Gasteiger partial charge in [0, 0.05) is 17.3 Å². The van der Waals surface area contributed by atoms with Crippen LogP contribution in [0.15, 0.2) is 12.2 Å². The fraction of sp³-hybridized carbons (Fsp3) is 0.800. The van der Waals surface area contributed by atoms with Crippen molar-refractivity contribution >= 4 is 5.97 Å². The summed E-state index contributed by atoms with van der Waals surface area (Å²) in [6.45, 7) is 8.29. The first kappa shape index (κ1) is 12.2. The van der Waals surface area contributed by atoms with Gasteiger partial charge in [0.05, 0.1) is 12.0 Å². The zero-order valence-electron chi connectivity index (χ0n) is 11.2. The Kier molecular flexibility index (Phi) is 2.60. The lowest BCUT2D eigenvalue weighted by atomic mass is 9.54. The van der Waals surface area contributed by atoms with Crippen LogP contribution >= 0.6 is 0 Å². The molecule has 0 aromatic heterocycles. The smallest absolute Gasteiger partial charge is 0.309 e. The Bertz CT molecular complexity index is 403. The molecule has 0 amide bonds. The molecule has 18 heavy (non-hydrogen) atoms. The van der Waals surface area contributed by atoms with Gasteiger partial charge >= 0.3 is 5.97 Å². The predicted molar refractivity (Wildman–Crippen MR) is 67.7 cm³/mol. The minimum absolute atomic E-state index is 0.00594. The number of aliphatic hydroxyl groups is 1. The molecule has 100 valence electrons. The van der Waals surface area contributed by atoms with E-state index in [9.17, 15) is 9.90 Å². The van der Waals surface area contributed by atoms with Crippen LogP contribution in [0.1, 0.15) is 39.5 Å². The zero-order valence-corrected chi connectivity index (χ0v) is 11.2. The van der Waals surface area contributed by atoms with E-state index < -0.39 is 0 Å². The van der Waals surface area contributed by atoms with E-state index in [0.29, 0.717) is 5.92 Å². The first-order valence-electron chi connectivity index (χ1n) is 7.01. The molecule has 1 heterocycles. The first-order valence-corrected chi connectivity index (χ1v) is 7.01. The standard InChI is InChI=1S/C15H22O3/c1-8-4-5-11(16)15(3)7-6-10-9(2)14(17)18-13(10)12(8)15/h9-13,16H,1,4-7H2,2-3H3/t9?,10-,11+,12?,13-,15-/m0/s1. The largest absolute Gasteiger partial charge is 0.461 e. The summed E-state index contributed by atoms with van der Waals surface area (Å²) in [5.41, 5.74) is 1.01. The van der Waals surface area contributed by atoms with E-state index >= 15 is 0 Å². The molecule has 3 rings (SSSR count). The maximum Gasteiger partial charge on any atom is 0.309 e. The molecular formula is C15H22O3. The van der Waals surface area contributed by atoms with Crippen LogP contribution < -0.4 is 0 Å². The topological polar surface area (TPSA) is 46.5 Å². The second-order valence-corrected chi connectivity index (χ2v) is 6.59. The van der Waals surface area contributed by atoms with Gasteiger partial charge in [0.1, 0.15) is 6.10 Å². The minimum atomic E-state index is -0.288. The maximum absolute atomic E-state index is 11.8. The lowest BCUT2D eigenvalue weighted by molar-refractivity contribution is -0.152. The molecule has 3 fully saturated rings. The van der Waals surface area contributed by atoms with Crippen LogP contribution in [0.5, 0.6) is 0 Å². The van der Waals surface area contributed by atoms with Crippen molar-refractivity contribution in [1.29, 1.82) is 0 Å². The Morgan fingerprint density at radius 3 is 2.89 bits per heavy atom. The Hall–Kier alpha value is -0.830. The number of rotatable bonds is 0. The van der Waals surface area contributed by atoms with Gasteiger partial charge in [0.2, 0.25) is 0 Å². The number of carbonyl (C=O) groups is 1. The molecule has 3 aliphatic rings. The zero-order chi connectivity index (χ0) is 13.1. The van der Waals surface area contributed by atoms with Gasteiger partial charge in [-0.3, -0.25) is 4.79 Å². The van der Waals surface area contributed by atoms with Gasteiger partial charge in [-0.25, -0.2) is 0 Å². The molecular weight excluding hydrogens is 228 g/mol. The summed E-state index contributed by atoms with van der Waals surface area (Å²) in [6, 6.07) is 0. The van der Waals surface area contributed by atoms with E-state index in [1.54, 1.807) is 0 Å². The highest BCUT2D eigenvalue weighted by atomic mass is 16.6. The van der Waals surface area contributed by atoms with E-state index in [1.807, 2.05) is 6.92 Å². The van der Waals surface area contributed by atoms with Gasteiger partial charge in [-0.1, -0.05) is 26.0 Å². The highest BCUT2D eigenvalue weighted by molar-refractivity contribution is 5.75. The number of carbonyl (C=O) groups excluding carboxylic acids is 1. The molecule has 1 saturated heterocycles. The van der Waals surface area contributed by atoms with Crippen molar-refractivity contribution in [3.8, 4) is 0 Å². The summed E-state index contributed by atoms with van der Waals surface area (Å²) < 4.78 is 5.62. The molecule has 0 aromatic carbocycles. The van der Waals surface area contributed by atoms with E-state index in [2.05, 4.69) is 13.5 Å². The van der Waals surface area contributed by atoms with Crippen LogP contribution in [0.2, 0.25) is 0 Å². The van der Waals surface area contributed by atoms with Gasteiger partial charge in [-0.2, -0.15) is 0 Å². The molecule has 3 heteroatoms. The van der Waals surface area contributed by atoms with Gasteiger partial charge < -0.3 is 9.84 Å². The Labute approximate surface area is 108 Å². The number of esters is 1. The normalized spacial score (nSPS) is 51.6. The third-order valence-corrected chi connectivity index (χ3v) is 5.68. The lowest BCUT2D eigenvalue weighted by Crippen LogP contribution is -2.53. The monoisotopic (exact) mass is 250 g/mol. The van der Waals surface area contributed by atoms with Crippen LogP contribution in [0.25, 0.3) is 0 Å². The van der Waals surface area contributed by atoms with Crippen LogP contribution in [-0.4, -0.2) is 23.3 Å². The number of aliphatic hydroxyl groups excluding tert-OH is 1. The minimum Gasteiger partial charge on any atom is -0.461 e. The average Bonchev–Trinajstić information content (AvgIpc) is 2.60. The quantitative estimate of drug-likeness (QED) is 0.530. The summed E-state index contributed by atoms with van der Waals surface area (Å²) in [6.07, 6.45) is 3.27. The van der Waals surface area contributed by atoms with Crippen LogP contribution in [0.3, 0.4) is 0 Å². The summed E-state index contributed by atoms with van der Waals surface area (Å²) >= 11 is 0. The van der Waals surface area contributed by atoms with Crippen LogP contribution in [0.4, 0.5) is 0 Å². The summed E-state index contributed by atoms with van der Waals surface area (Å²) in [7, 11) is 0. The lowest BCUT2D eigenvalue weighted by Gasteiger charge is -2.52. The molecule has 1 N–H and O–H groups in total. The SMILES string of the molecule is C=C1CC[C@@H](O)[C@]2(C)CC[C@H]3C(C)C(=O)O[C@@H]3C12. The molecule has 6 atom stereocenters. The first-order chi connectivity index (χ1) is 8.45. The molecule has 0 spiro atoms. The molecule has 2 saturated carbocycles. The second kappa shape index (κ2) is 3.83. The third-order valence-electron chi connectivity index (χ3n) is 5.68.